The molecule has 1 aliphatic carbocycles. The second-order valence-electron chi connectivity index (χ2n) is 7.94. The molecule has 1 aromatic heterocycles. The van der Waals surface area contributed by atoms with E-state index in [9.17, 15) is 0 Å². The van der Waals surface area contributed by atoms with Crippen LogP contribution in [0.3, 0.4) is 0 Å². The van der Waals surface area contributed by atoms with Crippen LogP contribution in [0, 0.1) is 5.92 Å². The number of hydrogen-bond acceptors (Lipinski definition) is 3. The third-order valence-corrected chi connectivity index (χ3v) is 5.83. The smallest absolute Gasteiger partial charge is 0.164 e. The van der Waals surface area contributed by atoms with Gasteiger partial charge in [-0.1, -0.05) is 110 Å². The number of nitrogens with zero attached hydrogens (tertiary/aromatic N) is 3. The van der Waals surface area contributed by atoms with Crippen LogP contribution in [-0.4, -0.2) is 15.0 Å². The highest BCUT2D eigenvalue weighted by Crippen LogP contribution is 2.30. The van der Waals surface area contributed by atoms with Gasteiger partial charge in [-0.15, -0.1) is 0 Å². The van der Waals surface area contributed by atoms with Crippen molar-refractivity contribution in [3.63, 3.8) is 0 Å². The van der Waals surface area contributed by atoms with Crippen molar-refractivity contribution in [2.45, 2.75) is 6.92 Å². The Balaban J connectivity index is 1.66. The first kappa shape index (κ1) is 21.0. The fourth-order valence-corrected chi connectivity index (χ4v) is 4.03. The third kappa shape index (κ3) is 4.69. The lowest BCUT2D eigenvalue weighted by atomic mass is 10.00. The average molecular weight is 448 g/mol. The molecule has 0 saturated carbocycles. The summed E-state index contributed by atoms with van der Waals surface area (Å²) in [5.74, 6) is 2.19. The van der Waals surface area contributed by atoms with Crippen LogP contribution in [-0.2, 0) is 0 Å². The summed E-state index contributed by atoms with van der Waals surface area (Å²) in [6.45, 7) is 2.15. The molecule has 0 aliphatic heterocycles. The van der Waals surface area contributed by atoms with Crippen LogP contribution in [0.1, 0.15) is 12.7 Å². The first-order chi connectivity index (χ1) is 16.2. The molecular weight excluding hydrogens is 426 g/mol. The number of aromatic nitrogens is 3. The Bertz CT molecular complexity index is 1390. The predicted octanol–water partition coefficient (Wildman–Crippen LogP) is 7.67. The van der Waals surface area contributed by atoms with E-state index in [1.54, 1.807) is 0 Å². The molecule has 0 bridgehead atoms. The Labute approximate surface area is 198 Å². The lowest BCUT2D eigenvalue weighted by Gasteiger charge is -2.13. The summed E-state index contributed by atoms with van der Waals surface area (Å²) < 4.78 is 0. The van der Waals surface area contributed by atoms with E-state index in [0.29, 0.717) is 22.5 Å². The highest BCUT2D eigenvalue weighted by molar-refractivity contribution is 6.30. The summed E-state index contributed by atoms with van der Waals surface area (Å²) in [4.78, 5) is 14.6. The minimum Gasteiger partial charge on any atom is -0.208 e. The van der Waals surface area contributed by atoms with E-state index in [0.717, 1.165) is 27.8 Å². The molecule has 33 heavy (non-hydrogen) atoms. The van der Waals surface area contributed by atoms with Gasteiger partial charge in [0, 0.05) is 27.6 Å². The maximum atomic E-state index is 6.22. The fraction of sp³-hybridized carbons (Fsp3) is 0.0690. The van der Waals surface area contributed by atoms with E-state index < -0.39 is 0 Å². The van der Waals surface area contributed by atoms with Gasteiger partial charge in [-0.25, -0.2) is 15.0 Å². The number of benzene rings is 3. The fourth-order valence-electron chi connectivity index (χ4n) is 3.84. The SMILES string of the molecule is C[C@@H]1C=CC=CC=C1c1nc(-c2ccccc2)nc(-c2cccc(-c3cccc(Cl)c3)c2)n1. The molecule has 0 amide bonds. The van der Waals surface area contributed by atoms with Gasteiger partial charge >= 0.3 is 0 Å². The van der Waals surface area contributed by atoms with Crippen molar-refractivity contribution in [1.82, 2.24) is 15.0 Å². The van der Waals surface area contributed by atoms with Crippen LogP contribution in [0.25, 0.3) is 39.5 Å². The highest BCUT2D eigenvalue weighted by Gasteiger charge is 2.17. The van der Waals surface area contributed by atoms with Gasteiger partial charge in [0.2, 0.25) is 0 Å². The summed E-state index contributed by atoms with van der Waals surface area (Å²) in [5, 5.41) is 0.710. The molecule has 5 rings (SSSR count). The van der Waals surface area contributed by atoms with E-state index in [1.807, 2.05) is 72.8 Å². The molecule has 3 aromatic carbocycles. The number of halogens is 1. The van der Waals surface area contributed by atoms with Crippen LogP contribution in [0.15, 0.2) is 109 Å². The molecular formula is C29H22ClN3. The molecule has 0 saturated heterocycles. The standard InChI is InChI=1S/C29H22ClN3/c1-20-10-4-2-7-17-26(20)29-32-27(21-11-5-3-6-12-21)31-28(33-29)24-15-8-13-22(18-24)23-14-9-16-25(30)19-23/h2-20H,1H3/t20-/m1/s1. The molecule has 0 spiro atoms. The molecule has 1 atom stereocenters. The van der Waals surface area contributed by atoms with Gasteiger partial charge in [-0.05, 0) is 29.3 Å². The highest BCUT2D eigenvalue weighted by atomic mass is 35.5. The summed E-state index contributed by atoms with van der Waals surface area (Å²) in [5.41, 5.74) is 5.07. The Morgan fingerprint density at radius 1 is 0.606 bits per heavy atom. The Morgan fingerprint density at radius 2 is 1.24 bits per heavy atom. The summed E-state index contributed by atoms with van der Waals surface area (Å²) >= 11 is 6.22. The molecule has 4 heteroatoms. The zero-order valence-corrected chi connectivity index (χ0v) is 18.9. The molecule has 3 nitrogen and oxygen atoms in total. The zero-order valence-electron chi connectivity index (χ0n) is 18.2. The first-order valence-corrected chi connectivity index (χ1v) is 11.3. The van der Waals surface area contributed by atoms with Gasteiger partial charge in [0.05, 0.1) is 0 Å². The predicted molar refractivity (Wildman–Crippen MR) is 137 cm³/mol. The molecule has 1 heterocycles. The number of allylic oxidation sites excluding steroid dienone is 6. The van der Waals surface area contributed by atoms with Crippen molar-refractivity contribution in [2.75, 3.05) is 0 Å². The van der Waals surface area contributed by atoms with Gasteiger partial charge in [0.15, 0.2) is 17.5 Å². The van der Waals surface area contributed by atoms with Gasteiger partial charge in [0.1, 0.15) is 0 Å². The maximum Gasteiger partial charge on any atom is 0.164 e. The largest absolute Gasteiger partial charge is 0.208 e. The lowest BCUT2D eigenvalue weighted by Crippen LogP contribution is -2.06. The van der Waals surface area contributed by atoms with Crippen molar-refractivity contribution in [3.8, 4) is 33.9 Å². The van der Waals surface area contributed by atoms with Gasteiger partial charge in [0.25, 0.3) is 0 Å². The summed E-state index contributed by atoms with van der Waals surface area (Å²) in [6.07, 6.45) is 10.4. The van der Waals surface area contributed by atoms with Crippen LogP contribution in [0.2, 0.25) is 5.02 Å². The number of hydrogen-bond donors (Lipinski definition) is 0. The quantitative estimate of drug-likeness (QED) is 0.322. The minimum absolute atomic E-state index is 0.191. The third-order valence-electron chi connectivity index (χ3n) is 5.59. The molecule has 0 fully saturated rings. The van der Waals surface area contributed by atoms with E-state index >= 15 is 0 Å². The Morgan fingerprint density at radius 3 is 2.03 bits per heavy atom. The van der Waals surface area contributed by atoms with Gasteiger partial charge < -0.3 is 0 Å². The molecule has 0 N–H and O–H groups in total. The van der Waals surface area contributed by atoms with Gasteiger partial charge in [-0.3, -0.25) is 0 Å². The summed E-state index contributed by atoms with van der Waals surface area (Å²) in [7, 11) is 0. The average Bonchev–Trinajstić information content (AvgIpc) is 3.08. The second kappa shape index (κ2) is 9.35. The zero-order chi connectivity index (χ0) is 22.6. The summed E-state index contributed by atoms with van der Waals surface area (Å²) in [6, 6.07) is 26.1. The Hall–Kier alpha value is -3.82. The van der Waals surface area contributed by atoms with Crippen molar-refractivity contribution >= 4 is 17.2 Å². The molecule has 160 valence electrons. The molecule has 1 aliphatic rings. The Kier molecular flexibility index (Phi) is 5.97. The topological polar surface area (TPSA) is 38.7 Å². The van der Waals surface area contributed by atoms with Crippen molar-refractivity contribution in [3.05, 3.63) is 120 Å². The van der Waals surface area contributed by atoms with E-state index in [4.69, 9.17) is 26.6 Å². The number of rotatable bonds is 4. The van der Waals surface area contributed by atoms with Gasteiger partial charge in [-0.2, -0.15) is 0 Å². The first-order valence-electron chi connectivity index (χ1n) is 10.9. The maximum absolute atomic E-state index is 6.22. The van der Waals surface area contributed by atoms with Crippen molar-refractivity contribution in [2.24, 2.45) is 5.92 Å². The van der Waals surface area contributed by atoms with Crippen LogP contribution < -0.4 is 0 Å². The molecule has 4 aromatic rings. The van der Waals surface area contributed by atoms with Crippen molar-refractivity contribution in [1.29, 1.82) is 0 Å². The molecule has 0 unspecified atom stereocenters. The van der Waals surface area contributed by atoms with E-state index in [2.05, 4.69) is 43.4 Å². The van der Waals surface area contributed by atoms with Crippen molar-refractivity contribution < 1.29 is 0 Å². The lowest BCUT2D eigenvalue weighted by molar-refractivity contribution is 0.921. The van der Waals surface area contributed by atoms with E-state index in [1.165, 1.54) is 0 Å². The minimum atomic E-state index is 0.191. The normalized spacial score (nSPS) is 15.2. The molecule has 0 radical (unpaired) electrons. The second-order valence-corrected chi connectivity index (χ2v) is 8.38. The van der Waals surface area contributed by atoms with Crippen LogP contribution in [0.5, 0.6) is 0 Å². The van der Waals surface area contributed by atoms with Crippen LogP contribution in [0.4, 0.5) is 0 Å². The monoisotopic (exact) mass is 447 g/mol. The van der Waals surface area contributed by atoms with E-state index in [-0.39, 0.29) is 5.92 Å². The van der Waals surface area contributed by atoms with Crippen LogP contribution >= 0.6 is 11.6 Å².